The van der Waals surface area contributed by atoms with Crippen molar-refractivity contribution >= 4 is 19.7 Å². The van der Waals surface area contributed by atoms with Crippen LogP contribution in [-0.4, -0.2) is 60.4 Å². The zero-order valence-corrected chi connectivity index (χ0v) is 18.3. The van der Waals surface area contributed by atoms with E-state index in [-0.39, 0.29) is 10.6 Å². The zero-order valence-electron chi connectivity index (χ0n) is 16.7. The molecule has 0 unspecified atom stereocenters. The predicted octanol–water partition coefficient (Wildman–Crippen LogP) is 1.61. The van der Waals surface area contributed by atoms with Crippen LogP contribution in [0.15, 0.2) is 47.4 Å². The average molecular weight is 458 g/mol. The highest BCUT2D eigenvalue weighted by molar-refractivity contribution is 7.96. The Morgan fingerprint density at radius 3 is 2.40 bits per heavy atom. The molecular weight excluding hydrogens is 433 g/mol. The van der Waals surface area contributed by atoms with Gasteiger partial charge in [-0.25, -0.2) is 21.2 Å². The Morgan fingerprint density at radius 1 is 1.07 bits per heavy atom. The fraction of sp³-hybridized carbons (Fsp3) is 0.400. The van der Waals surface area contributed by atoms with Crippen LogP contribution >= 0.6 is 0 Å². The van der Waals surface area contributed by atoms with Crippen molar-refractivity contribution in [3.63, 3.8) is 0 Å². The first-order valence-electron chi connectivity index (χ1n) is 9.30. The number of benzene rings is 2. The lowest BCUT2D eigenvalue weighted by atomic mass is 10.1. The summed E-state index contributed by atoms with van der Waals surface area (Å²) in [7, 11) is -4.37. The van der Waals surface area contributed by atoms with Gasteiger partial charge in [-0.2, -0.15) is 0 Å². The van der Waals surface area contributed by atoms with Crippen molar-refractivity contribution < 1.29 is 30.7 Å². The first-order valence-corrected chi connectivity index (χ1v) is 12.7. The molecule has 0 saturated carbocycles. The van der Waals surface area contributed by atoms with Gasteiger partial charge in [0.1, 0.15) is 17.3 Å². The molecule has 2 aromatic carbocycles. The second kappa shape index (κ2) is 8.91. The topological polar surface area (TPSA) is 98.8 Å². The number of hydrogen-bond acceptors (Lipinski definition) is 7. The molecule has 1 heterocycles. The van der Waals surface area contributed by atoms with E-state index in [0.29, 0.717) is 24.5 Å². The number of sulfone groups is 2. The van der Waals surface area contributed by atoms with E-state index < -0.39 is 42.5 Å². The van der Waals surface area contributed by atoms with Crippen LogP contribution in [0.3, 0.4) is 0 Å². The molecule has 0 amide bonds. The molecule has 2 atom stereocenters. The number of methoxy groups -OCH3 is 2. The molecule has 30 heavy (non-hydrogen) atoms. The highest BCUT2D eigenvalue weighted by atomic mass is 32.2. The lowest BCUT2D eigenvalue weighted by molar-refractivity contribution is 0.398. The monoisotopic (exact) mass is 457 g/mol. The van der Waals surface area contributed by atoms with Crippen molar-refractivity contribution in [3.8, 4) is 11.5 Å². The van der Waals surface area contributed by atoms with Gasteiger partial charge in [-0.05, 0) is 61.0 Å². The van der Waals surface area contributed by atoms with Crippen molar-refractivity contribution in [2.75, 3.05) is 32.3 Å². The first-order chi connectivity index (χ1) is 14.2. The summed E-state index contributed by atoms with van der Waals surface area (Å²) in [5.41, 5.74) is 0.850. The Hall–Kier alpha value is -2.17. The molecule has 3 rings (SSSR count). The third-order valence-electron chi connectivity index (χ3n) is 5.13. The molecule has 164 valence electrons. The van der Waals surface area contributed by atoms with Crippen LogP contribution in [-0.2, 0) is 26.1 Å². The summed E-state index contributed by atoms with van der Waals surface area (Å²) in [5, 5.41) is 1.94. The Morgan fingerprint density at radius 2 is 1.77 bits per heavy atom. The normalized spacial score (nSPS) is 20.8. The molecule has 0 aliphatic carbocycles. The van der Waals surface area contributed by atoms with Crippen LogP contribution in [0.5, 0.6) is 11.5 Å². The van der Waals surface area contributed by atoms with Crippen LogP contribution in [0.2, 0.25) is 0 Å². The summed E-state index contributed by atoms with van der Waals surface area (Å²) in [5.74, 6) is 0.0215. The summed E-state index contributed by atoms with van der Waals surface area (Å²) in [4.78, 5) is -0.0905. The SMILES string of the molecule is COc1ccc(OC)c(CCN[C@H]2CS(=O)(=O)C[C@@H]2S(=O)(=O)c2ccc(F)cc2)c1. The summed E-state index contributed by atoms with van der Waals surface area (Å²) < 4.78 is 74.1. The van der Waals surface area contributed by atoms with E-state index >= 15 is 0 Å². The van der Waals surface area contributed by atoms with E-state index in [0.717, 1.165) is 29.8 Å². The lowest BCUT2D eigenvalue weighted by Crippen LogP contribution is -2.44. The van der Waals surface area contributed by atoms with Crippen molar-refractivity contribution in [1.82, 2.24) is 5.32 Å². The van der Waals surface area contributed by atoms with Gasteiger partial charge >= 0.3 is 0 Å². The van der Waals surface area contributed by atoms with E-state index in [4.69, 9.17) is 9.47 Å². The lowest BCUT2D eigenvalue weighted by Gasteiger charge is -2.20. The highest BCUT2D eigenvalue weighted by Crippen LogP contribution is 2.27. The van der Waals surface area contributed by atoms with Crippen LogP contribution in [0, 0.1) is 5.82 Å². The molecule has 7 nitrogen and oxygen atoms in total. The van der Waals surface area contributed by atoms with E-state index in [1.807, 2.05) is 6.07 Å². The second-order valence-corrected chi connectivity index (χ2v) is 11.4. The quantitative estimate of drug-likeness (QED) is 0.602. The summed E-state index contributed by atoms with van der Waals surface area (Å²) >= 11 is 0. The van der Waals surface area contributed by atoms with Gasteiger partial charge in [0, 0.05) is 6.04 Å². The predicted molar refractivity (Wildman–Crippen MR) is 111 cm³/mol. The minimum atomic E-state index is -3.95. The number of nitrogens with one attached hydrogen (secondary N) is 1. The molecule has 1 fully saturated rings. The van der Waals surface area contributed by atoms with E-state index in [1.165, 1.54) is 0 Å². The fourth-order valence-corrected chi connectivity index (χ4v) is 8.30. The van der Waals surface area contributed by atoms with Crippen LogP contribution in [0.25, 0.3) is 0 Å². The third-order valence-corrected chi connectivity index (χ3v) is 9.30. The Kier molecular flexibility index (Phi) is 6.68. The minimum absolute atomic E-state index is 0.0905. The largest absolute Gasteiger partial charge is 0.497 e. The molecule has 0 bridgehead atoms. The smallest absolute Gasteiger partial charge is 0.183 e. The van der Waals surface area contributed by atoms with Crippen LogP contribution < -0.4 is 14.8 Å². The standard InChI is InChI=1S/C20H24FNO6S2/c1-27-16-5-8-19(28-2)14(11-16)9-10-22-18-12-29(23,24)13-20(18)30(25,26)17-6-3-15(21)4-7-17/h3-8,11,18,20,22H,9-10,12-13H2,1-2H3/t18-,20-/m0/s1. The van der Waals surface area contributed by atoms with Crippen LogP contribution in [0.4, 0.5) is 4.39 Å². The molecule has 1 N–H and O–H groups in total. The van der Waals surface area contributed by atoms with E-state index in [9.17, 15) is 21.2 Å². The Balaban J connectivity index is 1.77. The van der Waals surface area contributed by atoms with Gasteiger partial charge in [-0.3, -0.25) is 0 Å². The van der Waals surface area contributed by atoms with Crippen molar-refractivity contribution in [2.45, 2.75) is 22.6 Å². The Bertz CT molecular complexity index is 1100. The first kappa shape index (κ1) is 22.5. The number of rotatable bonds is 8. The molecule has 10 heteroatoms. The van der Waals surface area contributed by atoms with Gasteiger partial charge in [-0.1, -0.05) is 0 Å². The van der Waals surface area contributed by atoms with E-state index in [1.54, 1.807) is 26.4 Å². The Labute approximate surface area is 176 Å². The summed E-state index contributed by atoms with van der Waals surface area (Å²) in [6.07, 6.45) is 0.486. The number of ether oxygens (including phenoxy) is 2. The van der Waals surface area contributed by atoms with Crippen molar-refractivity contribution in [3.05, 3.63) is 53.8 Å². The molecule has 0 aromatic heterocycles. The molecule has 1 saturated heterocycles. The van der Waals surface area contributed by atoms with Crippen molar-refractivity contribution in [2.24, 2.45) is 0 Å². The second-order valence-electron chi connectivity index (χ2n) is 7.10. The van der Waals surface area contributed by atoms with Gasteiger partial charge in [0.25, 0.3) is 0 Å². The number of hydrogen-bond donors (Lipinski definition) is 1. The van der Waals surface area contributed by atoms with E-state index in [2.05, 4.69) is 5.32 Å². The summed E-state index contributed by atoms with van der Waals surface area (Å²) in [6, 6.07) is 9.02. The van der Waals surface area contributed by atoms with Gasteiger partial charge in [0.05, 0.1) is 35.9 Å². The highest BCUT2D eigenvalue weighted by Gasteiger charge is 2.45. The average Bonchev–Trinajstić information content (AvgIpc) is 3.03. The van der Waals surface area contributed by atoms with Gasteiger partial charge in [-0.15, -0.1) is 0 Å². The third kappa shape index (κ3) is 4.93. The molecule has 0 radical (unpaired) electrons. The number of halogens is 1. The molecule has 1 aliphatic rings. The van der Waals surface area contributed by atoms with Crippen molar-refractivity contribution in [1.29, 1.82) is 0 Å². The van der Waals surface area contributed by atoms with Gasteiger partial charge in [0.2, 0.25) is 0 Å². The van der Waals surface area contributed by atoms with Crippen LogP contribution in [0.1, 0.15) is 5.56 Å². The molecule has 0 spiro atoms. The molecule has 2 aromatic rings. The maximum atomic E-state index is 13.2. The summed E-state index contributed by atoms with van der Waals surface area (Å²) in [6.45, 7) is 0.346. The minimum Gasteiger partial charge on any atom is -0.497 e. The maximum Gasteiger partial charge on any atom is 0.183 e. The molecular formula is C20H24FNO6S2. The zero-order chi connectivity index (χ0) is 21.9. The van der Waals surface area contributed by atoms with Gasteiger partial charge < -0.3 is 14.8 Å². The maximum absolute atomic E-state index is 13.2. The fourth-order valence-electron chi connectivity index (χ4n) is 3.58. The van der Waals surface area contributed by atoms with Gasteiger partial charge in [0.15, 0.2) is 19.7 Å². The molecule has 1 aliphatic heterocycles.